The summed E-state index contributed by atoms with van der Waals surface area (Å²) in [5, 5.41) is 13.6. The van der Waals surface area contributed by atoms with Crippen molar-refractivity contribution in [1.29, 1.82) is 0 Å². The Balaban J connectivity index is 2.24. The number of fused-ring (bicyclic) bond motifs is 1. The molecule has 1 amide bonds. The van der Waals surface area contributed by atoms with Gasteiger partial charge >= 0.3 is 5.97 Å². The third-order valence-electron chi connectivity index (χ3n) is 6.67. The second kappa shape index (κ2) is 11.4. The zero-order valence-corrected chi connectivity index (χ0v) is 22.7. The molecule has 0 aliphatic carbocycles. The van der Waals surface area contributed by atoms with Crippen molar-refractivity contribution < 1.29 is 27.9 Å². The van der Waals surface area contributed by atoms with Gasteiger partial charge in [0.15, 0.2) is 28.8 Å². The van der Waals surface area contributed by atoms with Gasteiger partial charge in [-0.1, -0.05) is 27.7 Å². The Morgan fingerprint density at radius 1 is 1.00 bits per heavy atom. The van der Waals surface area contributed by atoms with E-state index in [4.69, 9.17) is 5.11 Å². The molecule has 1 N–H and O–H groups in total. The van der Waals surface area contributed by atoms with Crippen LogP contribution in [0.5, 0.6) is 0 Å². The second-order valence-corrected chi connectivity index (χ2v) is 10.4. The number of nitrogens with zero attached hydrogens (tertiary/aromatic N) is 5. The van der Waals surface area contributed by atoms with Gasteiger partial charge in [0.05, 0.1) is 12.1 Å². The summed E-state index contributed by atoms with van der Waals surface area (Å²) in [5.74, 6) is -4.77. The molecule has 0 saturated carbocycles. The third-order valence-corrected chi connectivity index (χ3v) is 6.67. The Labute approximate surface area is 220 Å². The molecule has 0 aliphatic rings. The van der Waals surface area contributed by atoms with Gasteiger partial charge in [0, 0.05) is 43.4 Å². The van der Waals surface area contributed by atoms with E-state index in [2.05, 4.69) is 42.7 Å². The van der Waals surface area contributed by atoms with Crippen LogP contribution in [0.15, 0.2) is 24.3 Å². The maximum atomic E-state index is 14.1. The number of carboxylic acids is 1. The van der Waals surface area contributed by atoms with Gasteiger partial charge in [0.25, 0.3) is 5.91 Å². The molecule has 0 radical (unpaired) electrons. The van der Waals surface area contributed by atoms with E-state index < -0.39 is 35.4 Å². The van der Waals surface area contributed by atoms with Gasteiger partial charge in [-0.2, -0.15) is 9.61 Å². The molecule has 2 atom stereocenters. The highest BCUT2D eigenvalue weighted by Gasteiger charge is 2.27. The van der Waals surface area contributed by atoms with E-state index in [1.54, 1.807) is 13.0 Å². The molecule has 206 valence electrons. The Morgan fingerprint density at radius 2 is 1.61 bits per heavy atom. The first-order chi connectivity index (χ1) is 17.7. The van der Waals surface area contributed by atoms with Crippen molar-refractivity contribution >= 4 is 23.3 Å². The number of halogens is 3. The summed E-state index contributed by atoms with van der Waals surface area (Å²) in [5.41, 5.74) is 0.499. The van der Waals surface area contributed by atoms with Crippen molar-refractivity contribution in [2.75, 3.05) is 18.5 Å². The van der Waals surface area contributed by atoms with E-state index in [0.717, 1.165) is 12.1 Å². The number of anilines is 1. The van der Waals surface area contributed by atoms with Crippen molar-refractivity contribution in [3.8, 4) is 11.3 Å². The van der Waals surface area contributed by atoms with E-state index in [9.17, 15) is 22.8 Å². The molecule has 11 heteroatoms. The smallest absolute Gasteiger partial charge is 0.305 e. The monoisotopic (exact) mass is 533 g/mol. The van der Waals surface area contributed by atoms with Crippen LogP contribution >= 0.6 is 0 Å². The largest absolute Gasteiger partial charge is 0.481 e. The average Bonchev–Trinajstić information content (AvgIpc) is 3.27. The fourth-order valence-corrected chi connectivity index (χ4v) is 4.11. The van der Waals surface area contributed by atoms with Gasteiger partial charge in [-0.25, -0.2) is 18.2 Å². The van der Waals surface area contributed by atoms with Crippen LogP contribution in [-0.2, 0) is 4.79 Å². The Bertz CT molecular complexity index is 1320. The molecule has 0 bridgehead atoms. The molecule has 0 aliphatic heterocycles. The number of rotatable bonds is 10. The maximum Gasteiger partial charge on any atom is 0.305 e. The normalized spacial score (nSPS) is 13.3. The number of aliphatic carboxylic acids is 1. The summed E-state index contributed by atoms with van der Waals surface area (Å²) in [6.07, 6.45) is -0.237. The SMILES string of the molecule is CC(C)CN(c1cc(-c2cc(F)c(F)c(F)c2)nc2cc(C(=O)N(C)[C@H](C)CC(=O)O)nn12)[C@H](C)C(C)C. The van der Waals surface area contributed by atoms with Crippen molar-refractivity contribution in [3.05, 3.63) is 47.4 Å². The zero-order chi connectivity index (χ0) is 28.5. The van der Waals surface area contributed by atoms with Gasteiger partial charge in [0.1, 0.15) is 5.82 Å². The lowest BCUT2D eigenvalue weighted by atomic mass is 10.0. The second-order valence-electron chi connectivity index (χ2n) is 10.4. The predicted octanol–water partition coefficient (Wildman–Crippen LogP) is 5.26. The number of carbonyl (C=O) groups is 2. The summed E-state index contributed by atoms with van der Waals surface area (Å²) in [7, 11) is 1.50. The molecule has 0 spiro atoms. The fourth-order valence-electron chi connectivity index (χ4n) is 4.11. The van der Waals surface area contributed by atoms with Gasteiger partial charge in [-0.3, -0.25) is 9.59 Å². The Kier molecular flexibility index (Phi) is 8.68. The third kappa shape index (κ3) is 6.08. The number of aromatic nitrogens is 3. The molecular formula is C27H34F3N5O3. The van der Waals surface area contributed by atoms with Crippen LogP contribution in [0.4, 0.5) is 19.0 Å². The van der Waals surface area contributed by atoms with E-state index in [0.29, 0.717) is 12.4 Å². The lowest BCUT2D eigenvalue weighted by molar-refractivity contribution is -0.137. The molecule has 3 aromatic rings. The maximum absolute atomic E-state index is 14.1. The van der Waals surface area contributed by atoms with E-state index in [1.165, 1.54) is 22.5 Å². The molecular weight excluding hydrogens is 499 g/mol. The molecule has 0 fully saturated rings. The number of amides is 1. The van der Waals surface area contributed by atoms with Crippen LogP contribution in [0.25, 0.3) is 16.9 Å². The highest BCUT2D eigenvalue weighted by molar-refractivity contribution is 5.94. The average molecular weight is 534 g/mol. The Morgan fingerprint density at radius 3 is 2.13 bits per heavy atom. The minimum Gasteiger partial charge on any atom is -0.481 e. The number of hydrogen-bond acceptors (Lipinski definition) is 5. The number of benzene rings is 1. The first kappa shape index (κ1) is 28.9. The molecule has 0 unspecified atom stereocenters. The van der Waals surface area contributed by atoms with Crippen molar-refractivity contribution in [1.82, 2.24) is 19.5 Å². The number of carbonyl (C=O) groups excluding carboxylic acids is 1. The summed E-state index contributed by atoms with van der Waals surface area (Å²) in [6.45, 7) is 12.5. The zero-order valence-electron chi connectivity index (χ0n) is 22.7. The first-order valence-corrected chi connectivity index (χ1v) is 12.5. The van der Waals surface area contributed by atoms with Gasteiger partial charge in [-0.05, 0) is 37.8 Å². The van der Waals surface area contributed by atoms with Crippen LogP contribution in [0.2, 0.25) is 0 Å². The summed E-state index contributed by atoms with van der Waals surface area (Å²) in [6, 6.07) is 4.25. The standard InChI is InChI=1S/C27H34F3N5O3/c1-14(2)13-34(17(6)15(3)4)24-12-21(18-9-19(28)26(30)20(29)10-18)31-23-11-22(32-35(23)24)27(38)33(7)16(5)8-25(36)37/h9-12,14-17H,8,13H2,1-7H3,(H,36,37)/t16-,17-/m1/s1. The van der Waals surface area contributed by atoms with Crippen molar-refractivity contribution in [3.63, 3.8) is 0 Å². The predicted molar refractivity (Wildman–Crippen MR) is 139 cm³/mol. The lowest BCUT2D eigenvalue weighted by Crippen LogP contribution is -2.40. The molecule has 38 heavy (non-hydrogen) atoms. The highest BCUT2D eigenvalue weighted by atomic mass is 19.2. The lowest BCUT2D eigenvalue weighted by Gasteiger charge is -2.35. The highest BCUT2D eigenvalue weighted by Crippen LogP contribution is 2.30. The van der Waals surface area contributed by atoms with Crippen molar-refractivity contribution in [2.24, 2.45) is 11.8 Å². The quantitative estimate of drug-likeness (QED) is 0.358. The topological polar surface area (TPSA) is 91.0 Å². The summed E-state index contributed by atoms with van der Waals surface area (Å²) < 4.78 is 43.4. The summed E-state index contributed by atoms with van der Waals surface area (Å²) >= 11 is 0. The van der Waals surface area contributed by atoms with Crippen LogP contribution in [0.1, 0.15) is 58.5 Å². The first-order valence-electron chi connectivity index (χ1n) is 12.5. The molecule has 2 heterocycles. The van der Waals surface area contributed by atoms with Crippen molar-refractivity contribution in [2.45, 2.75) is 60.0 Å². The van der Waals surface area contributed by atoms with Crippen LogP contribution in [0.3, 0.4) is 0 Å². The van der Waals surface area contributed by atoms with Crippen LogP contribution in [-0.4, -0.2) is 62.2 Å². The molecule has 2 aromatic heterocycles. The molecule has 3 rings (SSSR count). The van der Waals surface area contributed by atoms with Crippen LogP contribution in [0, 0.1) is 29.3 Å². The van der Waals surface area contributed by atoms with Crippen LogP contribution < -0.4 is 4.90 Å². The Hall–Kier alpha value is -3.63. The van der Waals surface area contributed by atoms with Gasteiger partial charge in [0.2, 0.25) is 0 Å². The molecule has 0 saturated heterocycles. The molecule has 8 nitrogen and oxygen atoms in total. The van der Waals surface area contributed by atoms with E-state index >= 15 is 0 Å². The van der Waals surface area contributed by atoms with E-state index in [-0.39, 0.29) is 46.9 Å². The number of carboxylic acid groups (broad SMARTS) is 1. The summed E-state index contributed by atoms with van der Waals surface area (Å²) in [4.78, 5) is 32.2. The minimum absolute atomic E-state index is 0.0131. The van der Waals surface area contributed by atoms with Gasteiger partial charge in [-0.15, -0.1) is 0 Å². The van der Waals surface area contributed by atoms with Gasteiger partial charge < -0.3 is 14.9 Å². The minimum atomic E-state index is -1.57. The van der Waals surface area contributed by atoms with E-state index in [1.807, 2.05) is 6.92 Å². The number of hydrogen-bond donors (Lipinski definition) is 1. The molecule has 1 aromatic carbocycles. The fraction of sp³-hybridized carbons (Fsp3) is 0.481.